The lowest BCUT2D eigenvalue weighted by Crippen LogP contribution is -2.19. The lowest BCUT2D eigenvalue weighted by Gasteiger charge is -2.30. The number of aryl methyl sites for hydroxylation is 1. The highest BCUT2D eigenvalue weighted by atomic mass is 31.2. The van der Waals surface area contributed by atoms with Crippen molar-refractivity contribution in [2.45, 2.75) is 59.3 Å². The van der Waals surface area contributed by atoms with Crippen molar-refractivity contribution in [3.63, 3.8) is 0 Å². The van der Waals surface area contributed by atoms with Gasteiger partial charge < -0.3 is 19.6 Å². The molecule has 0 saturated heterocycles. The van der Waals surface area contributed by atoms with Crippen molar-refractivity contribution in [2.24, 2.45) is 0 Å². The highest BCUT2D eigenvalue weighted by molar-refractivity contribution is 7.60. The SMILES string of the molecule is Cc1cc(-c2cc(P(=O)(O)O)ccc2-c2ccc(P(=O)(O)O)cc2)c(C(C)(C)C)cc1C(C)(C)C. The van der Waals surface area contributed by atoms with Crippen LogP contribution in [0, 0.1) is 6.92 Å². The maximum absolute atomic E-state index is 12.2. The summed E-state index contributed by atoms with van der Waals surface area (Å²) in [6, 6.07) is 14.9. The zero-order valence-electron chi connectivity index (χ0n) is 21.2. The Morgan fingerprint density at radius 2 is 1.06 bits per heavy atom. The van der Waals surface area contributed by atoms with Crippen LogP contribution < -0.4 is 10.6 Å². The molecule has 3 aromatic carbocycles. The third-order valence-corrected chi connectivity index (χ3v) is 8.05. The Hall–Kier alpha value is -2.04. The minimum absolute atomic E-state index is 0.0829. The van der Waals surface area contributed by atoms with Crippen LogP contribution in [0.3, 0.4) is 0 Å². The van der Waals surface area contributed by atoms with Gasteiger partial charge in [0, 0.05) is 0 Å². The molecule has 0 aliphatic rings. The van der Waals surface area contributed by atoms with Crippen LogP contribution in [-0.2, 0) is 20.0 Å². The topological polar surface area (TPSA) is 115 Å². The predicted molar refractivity (Wildman–Crippen MR) is 143 cm³/mol. The van der Waals surface area contributed by atoms with Gasteiger partial charge in [-0.3, -0.25) is 9.13 Å². The molecule has 0 bridgehead atoms. The van der Waals surface area contributed by atoms with Crippen LogP contribution in [0.4, 0.5) is 0 Å². The first kappa shape index (κ1) is 27.5. The van der Waals surface area contributed by atoms with Crippen LogP contribution in [0.15, 0.2) is 54.6 Å². The van der Waals surface area contributed by atoms with E-state index in [2.05, 4.69) is 53.7 Å². The standard InChI is InChI=1S/C27H34O6P2/c1-17-14-23(25(27(5,6)7)16-24(17)26(2,3)4)22-15-20(35(31,32)33)12-13-21(22)18-8-10-19(11-9-18)34(28,29)30/h8-16H,1-7H3,(H2,28,29,30)(H2,31,32,33). The summed E-state index contributed by atoms with van der Waals surface area (Å²) in [5.41, 5.74) is 5.90. The molecule has 0 radical (unpaired) electrons. The van der Waals surface area contributed by atoms with Crippen LogP contribution in [-0.4, -0.2) is 19.6 Å². The minimum atomic E-state index is -4.51. The van der Waals surface area contributed by atoms with Gasteiger partial charge in [-0.15, -0.1) is 0 Å². The van der Waals surface area contributed by atoms with Crippen molar-refractivity contribution in [3.8, 4) is 22.3 Å². The molecule has 0 heterocycles. The quantitative estimate of drug-likeness (QED) is 0.339. The van der Waals surface area contributed by atoms with Crippen LogP contribution in [0.2, 0.25) is 0 Å². The van der Waals surface area contributed by atoms with Crippen molar-refractivity contribution in [2.75, 3.05) is 0 Å². The fourth-order valence-corrected chi connectivity index (χ4v) is 5.49. The molecule has 0 aromatic heterocycles. The largest absolute Gasteiger partial charge is 0.356 e. The smallest absolute Gasteiger partial charge is 0.321 e. The maximum atomic E-state index is 12.2. The molecule has 6 nitrogen and oxygen atoms in total. The number of hydrogen-bond donors (Lipinski definition) is 4. The first-order valence-electron chi connectivity index (χ1n) is 11.3. The summed E-state index contributed by atoms with van der Waals surface area (Å²) in [7, 11) is -8.90. The molecule has 0 atom stereocenters. The second-order valence-electron chi connectivity index (χ2n) is 11.1. The molecule has 0 aliphatic carbocycles. The fraction of sp³-hybridized carbons (Fsp3) is 0.333. The summed E-state index contributed by atoms with van der Waals surface area (Å²) in [4.78, 5) is 38.8. The second kappa shape index (κ2) is 9.12. The summed E-state index contributed by atoms with van der Waals surface area (Å²) < 4.78 is 23.8. The average molecular weight is 517 g/mol. The molecule has 3 aromatic rings. The Morgan fingerprint density at radius 1 is 0.571 bits per heavy atom. The molecule has 0 spiro atoms. The van der Waals surface area contributed by atoms with Gasteiger partial charge in [-0.05, 0) is 81.0 Å². The third kappa shape index (κ3) is 6.03. The van der Waals surface area contributed by atoms with Crippen molar-refractivity contribution in [1.82, 2.24) is 0 Å². The van der Waals surface area contributed by atoms with E-state index in [9.17, 15) is 28.7 Å². The highest BCUT2D eigenvalue weighted by Gasteiger charge is 2.27. The summed E-state index contributed by atoms with van der Waals surface area (Å²) >= 11 is 0. The van der Waals surface area contributed by atoms with Gasteiger partial charge in [0.25, 0.3) is 0 Å². The fourth-order valence-electron chi connectivity index (χ4n) is 4.38. The Morgan fingerprint density at radius 3 is 1.51 bits per heavy atom. The molecule has 0 saturated carbocycles. The van der Waals surface area contributed by atoms with E-state index >= 15 is 0 Å². The summed E-state index contributed by atoms with van der Waals surface area (Å²) in [6.07, 6.45) is 0. The van der Waals surface area contributed by atoms with E-state index in [1.54, 1.807) is 18.2 Å². The van der Waals surface area contributed by atoms with Gasteiger partial charge in [0.2, 0.25) is 0 Å². The first-order chi connectivity index (χ1) is 15.8. The van der Waals surface area contributed by atoms with Crippen molar-refractivity contribution < 1.29 is 28.7 Å². The predicted octanol–water partition coefficient (Wildman–Crippen LogP) is 5.53. The summed E-state index contributed by atoms with van der Waals surface area (Å²) in [5.74, 6) is 0. The van der Waals surface area contributed by atoms with E-state index in [1.807, 2.05) is 6.92 Å². The molecule has 35 heavy (non-hydrogen) atoms. The summed E-state index contributed by atoms with van der Waals surface area (Å²) in [6.45, 7) is 14.8. The summed E-state index contributed by atoms with van der Waals surface area (Å²) in [5, 5.41) is -0.170. The Labute approximate surface area is 207 Å². The Balaban J connectivity index is 2.40. The van der Waals surface area contributed by atoms with E-state index in [-0.39, 0.29) is 21.4 Å². The number of benzene rings is 3. The molecule has 0 fully saturated rings. The second-order valence-corrected chi connectivity index (χ2v) is 14.3. The van der Waals surface area contributed by atoms with Gasteiger partial charge in [-0.2, -0.15) is 0 Å². The van der Waals surface area contributed by atoms with E-state index in [0.29, 0.717) is 16.7 Å². The van der Waals surface area contributed by atoms with Crippen LogP contribution >= 0.6 is 15.2 Å². The third-order valence-electron chi connectivity index (χ3n) is 6.12. The van der Waals surface area contributed by atoms with E-state index in [4.69, 9.17) is 0 Å². The lowest BCUT2D eigenvalue weighted by molar-refractivity contribution is 0.385. The van der Waals surface area contributed by atoms with Crippen molar-refractivity contribution in [3.05, 3.63) is 71.3 Å². The van der Waals surface area contributed by atoms with Gasteiger partial charge in [0.15, 0.2) is 0 Å². The van der Waals surface area contributed by atoms with Crippen LogP contribution in [0.5, 0.6) is 0 Å². The molecule has 3 rings (SSSR count). The molecule has 8 heteroatoms. The Bertz CT molecular complexity index is 1350. The van der Waals surface area contributed by atoms with Gasteiger partial charge in [0.05, 0.1) is 10.6 Å². The van der Waals surface area contributed by atoms with E-state index < -0.39 is 15.2 Å². The molecular formula is C27H34O6P2. The first-order valence-corrected chi connectivity index (χ1v) is 14.6. The molecular weight excluding hydrogens is 482 g/mol. The molecule has 188 valence electrons. The Kier molecular flexibility index (Phi) is 7.18. The van der Waals surface area contributed by atoms with Crippen LogP contribution in [0.1, 0.15) is 58.2 Å². The van der Waals surface area contributed by atoms with E-state index in [0.717, 1.165) is 16.7 Å². The monoisotopic (exact) mass is 516 g/mol. The lowest BCUT2D eigenvalue weighted by atomic mass is 9.75. The number of hydrogen-bond acceptors (Lipinski definition) is 2. The van der Waals surface area contributed by atoms with Gasteiger partial charge in [-0.1, -0.05) is 71.9 Å². The highest BCUT2D eigenvalue weighted by Crippen LogP contribution is 2.44. The minimum Gasteiger partial charge on any atom is -0.321 e. The normalized spacial score (nSPS) is 13.2. The molecule has 0 unspecified atom stereocenters. The van der Waals surface area contributed by atoms with Gasteiger partial charge in [0.1, 0.15) is 0 Å². The average Bonchev–Trinajstić information content (AvgIpc) is 2.70. The van der Waals surface area contributed by atoms with Crippen molar-refractivity contribution >= 4 is 25.8 Å². The van der Waals surface area contributed by atoms with Crippen LogP contribution in [0.25, 0.3) is 22.3 Å². The van der Waals surface area contributed by atoms with Gasteiger partial charge >= 0.3 is 15.2 Å². The molecule has 0 amide bonds. The zero-order chi connectivity index (χ0) is 26.6. The van der Waals surface area contributed by atoms with E-state index in [1.165, 1.54) is 29.8 Å². The molecule has 4 N–H and O–H groups in total. The number of rotatable bonds is 4. The zero-order valence-corrected chi connectivity index (χ0v) is 23.0. The molecule has 0 aliphatic heterocycles. The maximum Gasteiger partial charge on any atom is 0.356 e. The van der Waals surface area contributed by atoms with Crippen molar-refractivity contribution in [1.29, 1.82) is 0 Å². The van der Waals surface area contributed by atoms with Gasteiger partial charge in [-0.25, -0.2) is 0 Å².